The summed E-state index contributed by atoms with van der Waals surface area (Å²) in [6, 6.07) is 13.9. The molecule has 0 fully saturated rings. The predicted octanol–water partition coefficient (Wildman–Crippen LogP) is 2.27. The number of sulfonamides is 1. The topological polar surface area (TPSA) is 165 Å². The number of nitrogens with zero attached hydrogens (tertiary/aromatic N) is 1. The Morgan fingerprint density at radius 3 is 2.43 bits per heavy atom. The lowest BCUT2D eigenvalue weighted by Gasteiger charge is -2.20. The Kier molecular flexibility index (Phi) is 7.79. The van der Waals surface area contributed by atoms with Gasteiger partial charge < -0.3 is 15.2 Å². The van der Waals surface area contributed by atoms with Crippen LogP contribution in [0.1, 0.15) is 12.5 Å². The van der Waals surface area contributed by atoms with Crippen molar-refractivity contribution in [1.29, 1.82) is 0 Å². The number of anilines is 1. The summed E-state index contributed by atoms with van der Waals surface area (Å²) in [6.45, 7) is 1.93. The minimum atomic E-state index is -4.22. The van der Waals surface area contributed by atoms with Crippen LogP contribution >= 0.6 is 0 Å². The maximum Gasteiger partial charge on any atom is 0.327 e. The molecule has 0 aliphatic heterocycles. The second-order valence-electron chi connectivity index (χ2n) is 7.76. The molecule has 0 bridgehead atoms. The molecule has 0 saturated carbocycles. The van der Waals surface area contributed by atoms with Crippen molar-refractivity contribution in [3.05, 3.63) is 76.3 Å². The number of benzene rings is 3. The number of aliphatic hydroxyl groups excluding tert-OH is 1. The van der Waals surface area contributed by atoms with E-state index in [1.165, 1.54) is 31.2 Å². The molecule has 11 nitrogen and oxygen atoms in total. The molecule has 0 aromatic heterocycles. The van der Waals surface area contributed by atoms with Gasteiger partial charge in [-0.3, -0.25) is 19.7 Å². The molecule has 2 unspecified atom stereocenters. The number of aliphatic hydroxyl groups is 1. The van der Waals surface area contributed by atoms with E-state index >= 15 is 0 Å². The number of nitro benzene ring substituents is 1. The summed E-state index contributed by atoms with van der Waals surface area (Å²) < 4.78 is 32.6. The van der Waals surface area contributed by atoms with Gasteiger partial charge in [0, 0.05) is 17.3 Å². The van der Waals surface area contributed by atoms with Gasteiger partial charge in [-0.1, -0.05) is 36.4 Å². The standard InChI is InChI=1S/C23H23N3O8S/c1-14-7-9-18(12-20(14)26(30)31)24-21(28)13-34-23(29)22(15(2)27)25-35(32,33)19-10-8-16-5-3-4-6-17(16)11-19/h3-12,15,22,25,27H,13H2,1-2H3,(H,24,28). The first-order chi connectivity index (χ1) is 16.5. The highest BCUT2D eigenvalue weighted by Crippen LogP contribution is 2.22. The van der Waals surface area contributed by atoms with Gasteiger partial charge in [-0.05, 0) is 42.8 Å². The highest BCUT2D eigenvalue weighted by Gasteiger charge is 2.31. The summed E-state index contributed by atoms with van der Waals surface area (Å²) in [5.41, 5.74) is 0.322. The van der Waals surface area contributed by atoms with Gasteiger partial charge in [0.1, 0.15) is 6.04 Å². The van der Waals surface area contributed by atoms with Crippen LogP contribution in [-0.4, -0.2) is 49.1 Å². The quantitative estimate of drug-likeness (QED) is 0.228. The van der Waals surface area contributed by atoms with E-state index in [0.717, 1.165) is 11.5 Å². The Morgan fingerprint density at radius 1 is 1.09 bits per heavy atom. The summed E-state index contributed by atoms with van der Waals surface area (Å²) in [5.74, 6) is -1.98. The van der Waals surface area contributed by atoms with Crippen molar-refractivity contribution in [2.75, 3.05) is 11.9 Å². The van der Waals surface area contributed by atoms with Gasteiger partial charge in [0.2, 0.25) is 10.0 Å². The van der Waals surface area contributed by atoms with E-state index in [1.807, 2.05) is 12.1 Å². The summed E-state index contributed by atoms with van der Waals surface area (Å²) >= 11 is 0. The fourth-order valence-electron chi connectivity index (χ4n) is 3.22. The zero-order valence-corrected chi connectivity index (χ0v) is 19.6. The zero-order valence-electron chi connectivity index (χ0n) is 18.8. The zero-order chi connectivity index (χ0) is 25.8. The number of fused-ring (bicyclic) bond motifs is 1. The van der Waals surface area contributed by atoms with Crippen molar-refractivity contribution in [2.45, 2.75) is 30.9 Å². The summed E-state index contributed by atoms with van der Waals surface area (Å²) in [7, 11) is -4.22. The molecule has 0 spiro atoms. The van der Waals surface area contributed by atoms with Gasteiger partial charge in [0.25, 0.3) is 11.6 Å². The van der Waals surface area contributed by atoms with Crippen LogP contribution in [-0.2, 0) is 24.3 Å². The van der Waals surface area contributed by atoms with Gasteiger partial charge in [-0.25, -0.2) is 8.42 Å². The summed E-state index contributed by atoms with van der Waals surface area (Å²) in [6.07, 6.45) is -1.47. The normalized spacial score (nSPS) is 13.1. The average molecular weight is 502 g/mol. The third-order valence-corrected chi connectivity index (χ3v) is 6.52. The first-order valence-electron chi connectivity index (χ1n) is 10.4. The summed E-state index contributed by atoms with van der Waals surface area (Å²) in [5, 5.41) is 24.9. The molecule has 3 aromatic rings. The minimum Gasteiger partial charge on any atom is -0.454 e. The Balaban J connectivity index is 1.66. The number of carbonyl (C=O) groups excluding carboxylic acids is 2. The van der Waals surface area contributed by atoms with E-state index < -0.39 is 45.6 Å². The monoisotopic (exact) mass is 501 g/mol. The molecule has 35 heavy (non-hydrogen) atoms. The van der Waals surface area contributed by atoms with E-state index in [4.69, 9.17) is 4.74 Å². The molecule has 3 N–H and O–H groups in total. The van der Waals surface area contributed by atoms with Crippen LogP contribution in [0, 0.1) is 17.0 Å². The molecule has 3 rings (SSSR count). The lowest BCUT2D eigenvalue weighted by Crippen LogP contribution is -2.48. The third-order valence-electron chi connectivity index (χ3n) is 5.08. The number of rotatable bonds is 9. The smallest absolute Gasteiger partial charge is 0.327 e. The number of ether oxygens (including phenoxy) is 1. The van der Waals surface area contributed by atoms with E-state index in [1.54, 1.807) is 25.1 Å². The van der Waals surface area contributed by atoms with Crippen LogP contribution in [0.2, 0.25) is 0 Å². The number of hydrogen-bond donors (Lipinski definition) is 3. The Labute approximate surface area is 200 Å². The van der Waals surface area contributed by atoms with E-state index in [0.29, 0.717) is 10.9 Å². The fourth-order valence-corrected chi connectivity index (χ4v) is 4.51. The maximum absolute atomic E-state index is 12.8. The molecule has 0 heterocycles. The van der Waals surface area contributed by atoms with Crippen LogP contribution in [0.25, 0.3) is 10.8 Å². The number of nitrogens with one attached hydrogen (secondary N) is 2. The van der Waals surface area contributed by atoms with E-state index in [-0.39, 0.29) is 16.3 Å². The molecule has 0 radical (unpaired) electrons. The van der Waals surface area contributed by atoms with Crippen molar-refractivity contribution in [3.8, 4) is 0 Å². The molecule has 184 valence electrons. The highest BCUT2D eigenvalue weighted by molar-refractivity contribution is 7.89. The number of carbonyl (C=O) groups is 2. The van der Waals surface area contributed by atoms with Crippen molar-refractivity contribution < 1.29 is 32.8 Å². The van der Waals surface area contributed by atoms with Gasteiger partial charge >= 0.3 is 5.97 Å². The van der Waals surface area contributed by atoms with Crippen molar-refractivity contribution in [2.24, 2.45) is 0 Å². The first kappa shape index (κ1) is 25.7. The molecule has 0 aliphatic carbocycles. The Bertz CT molecular complexity index is 1390. The first-order valence-corrected chi connectivity index (χ1v) is 11.9. The molecular weight excluding hydrogens is 478 g/mol. The molecule has 1 amide bonds. The van der Waals surface area contributed by atoms with Gasteiger partial charge in [-0.2, -0.15) is 4.72 Å². The number of nitro groups is 1. The highest BCUT2D eigenvalue weighted by atomic mass is 32.2. The molecule has 3 aromatic carbocycles. The van der Waals surface area contributed by atoms with Crippen molar-refractivity contribution in [1.82, 2.24) is 4.72 Å². The lowest BCUT2D eigenvalue weighted by atomic mass is 10.1. The minimum absolute atomic E-state index is 0.117. The van der Waals surface area contributed by atoms with Gasteiger partial charge in [-0.15, -0.1) is 0 Å². The van der Waals surface area contributed by atoms with Crippen molar-refractivity contribution >= 4 is 44.0 Å². The number of esters is 1. The van der Waals surface area contributed by atoms with Crippen molar-refractivity contribution in [3.63, 3.8) is 0 Å². The number of hydrogen-bond acceptors (Lipinski definition) is 8. The molecule has 0 saturated heterocycles. The van der Waals surface area contributed by atoms with Gasteiger partial charge in [0.05, 0.1) is 15.9 Å². The average Bonchev–Trinajstić information content (AvgIpc) is 2.81. The third kappa shape index (κ3) is 6.38. The lowest BCUT2D eigenvalue weighted by molar-refractivity contribution is -0.385. The van der Waals surface area contributed by atoms with Gasteiger partial charge in [0.15, 0.2) is 6.61 Å². The van der Waals surface area contributed by atoms with Crippen LogP contribution < -0.4 is 10.0 Å². The van der Waals surface area contributed by atoms with Crippen LogP contribution in [0.15, 0.2) is 65.6 Å². The fraction of sp³-hybridized carbons (Fsp3) is 0.217. The van der Waals surface area contributed by atoms with E-state index in [2.05, 4.69) is 10.0 Å². The predicted molar refractivity (Wildman–Crippen MR) is 127 cm³/mol. The number of amides is 1. The Hall–Kier alpha value is -3.87. The maximum atomic E-state index is 12.8. The van der Waals surface area contributed by atoms with Crippen LogP contribution in [0.3, 0.4) is 0 Å². The Morgan fingerprint density at radius 2 is 1.77 bits per heavy atom. The second kappa shape index (κ2) is 10.6. The SMILES string of the molecule is Cc1ccc(NC(=O)COC(=O)C(NS(=O)(=O)c2ccc3ccccc3c2)C(C)O)cc1[N+](=O)[O-]. The number of aryl methyl sites for hydroxylation is 1. The second-order valence-corrected chi connectivity index (χ2v) is 9.48. The molecular formula is C23H23N3O8S. The van der Waals surface area contributed by atoms with Crippen LogP contribution in [0.4, 0.5) is 11.4 Å². The molecule has 0 aliphatic rings. The van der Waals surface area contributed by atoms with Crippen LogP contribution in [0.5, 0.6) is 0 Å². The largest absolute Gasteiger partial charge is 0.454 e. The van der Waals surface area contributed by atoms with E-state index in [9.17, 15) is 33.2 Å². The molecule has 2 atom stereocenters. The summed E-state index contributed by atoms with van der Waals surface area (Å²) in [4.78, 5) is 34.9. The molecule has 12 heteroatoms.